The number of hydrogen-bond donors (Lipinski definition) is 2. The average molecular weight is 688 g/mol. The normalized spacial score (nSPS) is 11.7. The molecule has 0 radical (unpaired) electrons. The van der Waals surface area contributed by atoms with Crippen LogP contribution >= 0.6 is 31.3 Å². The van der Waals surface area contributed by atoms with Crippen LogP contribution in [0.2, 0.25) is 0 Å². The van der Waals surface area contributed by atoms with Crippen LogP contribution in [-0.4, -0.2) is 85.3 Å². The Kier molecular flexibility index (Phi) is 48.2. The Morgan fingerprint density at radius 3 is 0.842 bits per heavy atom. The minimum atomic E-state index is -5.28. The van der Waals surface area contributed by atoms with Crippen LogP contribution in [0.4, 0.5) is 0 Å². The summed E-state index contributed by atoms with van der Waals surface area (Å²) < 4.78 is 58.8. The zero-order chi connectivity index (χ0) is 25.1. The predicted octanol–water partition coefficient (Wildman–Crippen LogP) is -23.7. The number of phosphoric acid groups is 4. The molecule has 0 aromatic heterocycles. The van der Waals surface area contributed by atoms with Gasteiger partial charge in [-0.1, -0.05) is 0 Å². The molecule has 0 aliphatic heterocycles. The van der Waals surface area contributed by atoms with E-state index in [0.717, 1.165) is 0 Å². The molecule has 0 aromatic carbocycles. The molecule has 0 saturated heterocycles. The van der Waals surface area contributed by atoms with E-state index in [9.17, 15) is 47.6 Å². The van der Waals surface area contributed by atoms with Crippen LogP contribution in [0.3, 0.4) is 0 Å². The number of hydrogen-bond acceptors (Lipinski definition) is 16. The largest absolute Gasteiger partial charge is 1.00 e. The molecule has 0 heterocycles. The second-order valence-corrected chi connectivity index (χ2v) is 10.5. The van der Waals surface area contributed by atoms with Gasteiger partial charge in [0.1, 0.15) is 0 Å². The van der Waals surface area contributed by atoms with Crippen LogP contribution in [-0.2, 0) is 36.4 Å². The summed E-state index contributed by atoms with van der Waals surface area (Å²) in [6.07, 6.45) is 0. The molecule has 0 saturated carbocycles. The van der Waals surface area contributed by atoms with Crippen molar-refractivity contribution in [3.8, 4) is 0 Å². The van der Waals surface area contributed by atoms with Crippen molar-refractivity contribution >= 4 is 31.3 Å². The van der Waals surface area contributed by atoms with Crippen molar-refractivity contribution in [3.63, 3.8) is 0 Å². The van der Waals surface area contributed by atoms with Gasteiger partial charge < -0.3 is 66.4 Å². The average Bonchev–Trinajstić information content (AvgIpc) is 2.54. The van der Waals surface area contributed by atoms with Crippen LogP contribution in [0, 0.1) is 0 Å². The zero-order valence-corrected chi connectivity index (χ0v) is 37.9. The first kappa shape index (κ1) is 59.8. The van der Waals surface area contributed by atoms with E-state index >= 15 is 0 Å². The van der Waals surface area contributed by atoms with Gasteiger partial charge in [-0.15, -0.1) is 0 Å². The fourth-order valence-electron chi connectivity index (χ4n) is 2.09. The van der Waals surface area contributed by atoms with E-state index in [1.807, 2.05) is 0 Å². The topological polar surface area (TPSA) is 290 Å². The first-order chi connectivity index (χ1) is 14.4. The van der Waals surface area contributed by atoms with Crippen molar-refractivity contribution in [2.45, 2.75) is 0 Å². The van der Waals surface area contributed by atoms with E-state index < -0.39 is 57.7 Å². The van der Waals surface area contributed by atoms with Crippen molar-refractivity contribution in [3.05, 3.63) is 0 Å². The minimum Gasteiger partial charge on any atom is -0.790 e. The molecule has 28 heteroatoms. The maximum Gasteiger partial charge on any atom is 1.00 e. The molecule has 0 fully saturated rings. The first-order valence-corrected chi connectivity index (χ1v) is 14.4. The van der Waals surface area contributed by atoms with Crippen LogP contribution in [0.15, 0.2) is 0 Å². The molecular weight excluding hydrogens is 666 g/mol. The molecule has 2 N–H and O–H groups in total. The van der Waals surface area contributed by atoms with Crippen LogP contribution in [0.5, 0.6) is 0 Å². The predicted molar refractivity (Wildman–Crippen MR) is 91.6 cm³/mol. The maximum absolute atomic E-state index is 10.7. The Morgan fingerprint density at radius 1 is 0.447 bits per heavy atom. The Morgan fingerprint density at radius 2 is 0.658 bits per heavy atom. The van der Waals surface area contributed by atoms with Gasteiger partial charge in [0, 0.05) is 39.3 Å². The van der Waals surface area contributed by atoms with Crippen molar-refractivity contribution in [2.24, 2.45) is 0 Å². The van der Waals surface area contributed by atoms with Gasteiger partial charge in [-0.25, -0.2) is 4.57 Å². The molecule has 0 aromatic rings. The second kappa shape index (κ2) is 30.7. The smallest absolute Gasteiger partial charge is 0.790 e. The van der Waals surface area contributed by atoms with Gasteiger partial charge in [0.2, 0.25) is 0 Å². The quantitative estimate of drug-likeness (QED) is 0.0940. The monoisotopic (exact) mass is 688 g/mol. The molecule has 0 rings (SSSR count). The van der Waals surface area contributed by atoms with Crippen LogP contribution in [0.25, 0.3) is 0 Å². The Labute approximate surface area is 353 Å². The van der Waals surface area contributed by atoms with E-state index in [4.69, 9.17) is 9.79 Å². The third-order valence-electron chi connectivity index (χ3n) is 3.37. The summed E-state index contributed by atoms with van der Waals surface area (Å²) in [4.78, 5) is 83.3. The summed E-state index contributed by atoms with van der Waals surface area (Å²) in [5.74, 6) is 0. The van der Waals surface area contributed by atoms with Crippen molar-refractivity contribution in [1.82, 2.24) is 9.80 Å². The summed E-state index contributed by atoms with van der Waals surface area (Å²) in [7, 11) is -20.6. The van der Waals surface area contributed by atoms with Gasteiger partial charge in [-0.2, -0.15) is 0 Å². The van der Waals surface area contributed by atoms with Crippen LogP contribution < -0.4 is 207 Å². The van der Waals surface area contributed by atoms with Gasteiger partial charge in [0.25, 0.3) is 0 Å². The van der Waals surface area contributed by atoms with Gasteiger partial charge in [-0.05, 0) is 0 Å². The molecule has 0 spiro atoms. The van der Waals surface area contributed by atoms with Gasteiger partial charge in [0.15, 0.2) is 0 Å². The fraction of sp³-hybridized carbons (Fsp3) is 1.00. The number of rotatable bonds is 19. The third kappa shape index (κ3) is 46.8. The van der Waals surface area contributed by atoms with Gasteiger partial charge in [-0.3, -0.25) is 14.3 Å². The molecular formula is C10H22N2Na6O16P4. The summed E-state index contributed by atoms with van der Waals surface area (Å²) in [6.45, 7) is -3.28. The molecule has 38 heavy (non-hydrogen) atoms. The summed E-state index contributed by atoms with van der Waals surface area (Å²) >= 11 is 0. The number of nitrogens with zero attached hydrogens (tertiary/aromatic N) is 2. The van der Waals surface area contributed by atoms with E-state index in [-0.39, 0.29) is 217 Å². The van der Waals surface area contributed by atoms with E-state index in [1.54, 1.807) is 0 Å². The van der Waals surface area contributed by atoms with Gasteiger partial charge >= 0.3 is 185 Å². The number of phosphoric ester groups is 4. The summed E-state index contributed by atoms with van der Waals surface area (Å²) in [5, 5.41) is 0. The van der Waals surface area contributed by atoms with Crippen molar-refractivity contribution in [1.29, 1.82) is 0 Å². The Balaban J connectivity index is -0.000000320. The molecule has 18 nitrogen and oxygen atoms in total. The standard InChI is InChI=1S/C10H28N2O16P4.6Na/c13-29(14,15)25-7-3-11(4-8-26-30(16,17)18)1-2-12(5-9-27-31(19,20)21)6-10-28-32(22,23)24;;;;;;/h1-10H2,(H2,13,14,15)(H2,16,17,18)(H2,19,20,21)(H2,22,23,24);;;;;;/q;6*+1/p-6. The van der Waals surface area contributed by atoms with Gasteiger partial charge in [0.05, 0.1) is 49.9 Å². The SMILES string of the molecule is O=P([O-])([O-])OCCN(CCOP(=O)([O-])[O-])CCN(CCOP(=O)([O-])[O-])CCOP(=O)(O)O.[Na+].[Na+].[Na+].[Na+].[Na+].[Na+]. The Bertz CT molecular complexity index is 622. The van der Waals surface area contributed by atoms with E-state index in [2.05, 4.69) is 18.1 Å². The molecule has 194 valence electrons. The second-order valence-electron chi connectivity index (χ2n) is 5.85. The minimum absolute atomic E-state index is 0. The van der Waals surface area contributed by atoms with Crippen LogP contribution in [0.1, 0.15) is 0 Å². The van der Waals surface area contributed by atoms with Crippen molar-refractivity contribution in [2.75, 3.05) is 65.7 Å². The molecule has 0 amide bonds. The summed E-state index contributed by atoms with van der Waals surface area (Å²) in [5.41, 5.74) is 0. The molecule has 0 unspecified atom stereocenters. The molecule has 0 aliphatic rings. The summed E-state index contributed by atoms with van der Waals surface area (Å²) in [6, 6.07) is 0. The maximum atomic E-state index is 10.7. The molecule has 0 bridgehead atoms. The Hall–Kier alpha value is 6.36. The fourth-order valence-corrected chi connectivity index (χ4v) is 3.32. The first-order valence-electron chi connectivity index (χ1n) is 8.51. The third-order valence-corrected chi connectivity index (χ3v) is 5.39. The molecule has 0 aliphatic carbocycles. The van der Waals surface area contributed by atoms with Crippen molar-refractivity contribution < 1.29 is 253 Å². The van der Waals surface area contributed by atoms with E-state index in [1.165, 1.54) is 9.80 Å². The molecule has 0 atom stereocenters. The van der Waals surface area contributed by atoms with E-state index in [0.29, 0.717) is 0 Å². The zero-order valence-electron chi connectivity index (χ0n) is 22.4.